The fraction of sp³-hybridized carbons (Fsp3) is 0.364. The number of primary sulfonamides is 1. The molecule has 0 atom stereocenters. The summed E-state index contributed by atoms with van der Waals surface area (Å²) in [7, 11) is -4.21. The van der Waals surface area contributed by atoms with Gasteiger partial charge in [0.1, 0.15) is 4.90 Å². The monoisotopic (exact) mass is 325 g/mol. The second kappa shape index (κ2) is 5.66. The van der Waals surface area contributed by atoms with E-state index in [1.165, 1.54) is 6.07 Å². The van der Waals surface area contributed by atoms with E-state index in [9.17, 15) is 13.2 Å². The van der Waals surface area contributed by atoms with Crippen molar-refractivity contribution in [2.24, 2.45) is 11.1 Å². The number of nitrogens with two attached hydrogens (primary N) is 1. The van der Waals surface area contributed by atoms with Crippen LogP contribution in [0, 0.1) is 5.92 Å². The highest BCUT2D eigenvalue weighted by molar-refractivity contribution is 7.89. The van der Waals surface area contributed by atoms with E-state index in [1.807, 2.05) is 13.8 Å². The van der Waals surface area contributed by atoms with Gasteiger partial charge in [-0.2, -0.15) is 0 Å². The molecule has 19 heavy (non-hydrogen) atoms. The normalized spacial score (nSPS) is 11.9. The van der Waals surface area contributed by atoms with Crippen molar-refractivity contribution in [2.75, 3.05) is 0 Å². The van der Waals surface area contributed by atoms with Crippen LogP contribution in [-0.4, -0.2) is 19.5 Å². The van der Waals surface area contributed by atoms with Crippen LogP contribution in [-0.2, 0) is 16.4 Å². The molecule has 0 aliphatic heterocycles. The molecule has 5 nitrogen and oxygen atoms in total. The molecule has 0 amide bonds. The van der Waals surface area contributed by atoms with Gasteiger partial charge >= 0.3 is 5.97 Å². The summed E-state index contributed by atoms with van der Waals surface area (Å²) in [5.74, 6) is -1.18. The zero-order chi connectivity index (χ0) is 15.0. The first kappa shape index (κ1) is 16.2. The van der Waals surface area contributed by atoms with Crippen LogP contribution in [0.2, 0.25) is 10.0 Å². The second-order valence-corrected chi connectivity index (χ2v) is 6.74. The summed E-state index contributed by atoms with van der Waals surface area (Å²) in [6, 6.07) is 1.28. The van der Waals surface area contributed by atoms with Gasteiger partial charge in [0.2, 0.25) is 10.0 Å². The van der Waals surface area contributed by atoms with E-state index >= 15 is 0 Å². The van der Waals surface area contributed by atoms with Gasteiger partial charge in [-0.25, -0.2) is 18.4 Å². The lowest BCUT2D eigenvalue weighted by molar-refractivity contribution is 0.0696. The number of hydrogen-bond donors (Lipinski definition) is 2. The van der Waals surface area contributed by atoms with Crippen molar-refractivity contribution in [2.45, 2.75) is 25.2 Å². The molecule has 1 aromatic carbocycles. The summed E-state index contributed by atoms with van der Waals surface area (Å²) in [5, 5.41) is 13.5. The Morgan fingerprint density at radius 3 is 2.26 bits per heavy atom. The van der Waals surface area contributed by atoms with Gasteiger partial charge in [-0.1, -0.05) is 37.0 Å². The highest BCUT2D eigenvalue weighted by Gasteiger charge is 2.26. The van der Waals surface area contributed by atoms with Crippen LogP contribution in [0.25, 0.3) is 0 Å². The van der Waals surface area contributed by atoms with Crippen molar-refractivity contribution in [1.29, 1.82) is 0 Å². The lowest BCUT2D eigenvalue weighted by Gasteiger charge is -2.14. The van der Waals surface area contributed by atoms with E-state index in [-0.39, 0.29) is 16.5 Å². The number of sulfonamides is 1. The SMILES string of the molecule is CC(C)Cc1cc(C(=O)O)c(Cl)c(S(N)(=O)=O)c1Cl. The van der Waals surface area contributed by atoms with Crippen LogP contribution < -0.4 is 5.14 Å². The van der Waals surface area contributed by atoms with Crippen molar-refractivity contribution < 1.29 is 18.3 Å². The van der Waals surface area contributed by atoms with Crippen molar-refractivity contribution >= 4 is 39.2 Å². The highest BCUT2D eigenvalue weighted by Crippen LogP contribution is 2.35. The zero-order valence-electron chi connectivity index (χ0n) is 10.3. The van der Waals surface area contributed by atoms with Crippen molar-refractivity contribution in [1.82, 2.24) is 0 Å². The Labute approximate surface area is 121 Å². The predicted octanol–water partition coefficient (Wildman–Crippen LogP) is 2.54. The van der Waals surface area contributed by atoms with Gasteiger partial charge in [0.25, 0.3) is 0 Å². The van der Waals surface area contributed by atoms with E-state index < -0.39 is 25.9 Å². The van der Waals surface area contributed by atoms with Gasteiger partial charge in [-0.15, -0.1) is 0 Å². The molecule has 0 spiro atoms. The van der Waals surface area contributed by atoms with Crippen molar-refractivity contribution in [3.05, 3.63) is 27.2 Å². The minimum Gasteiger partial charge on any atom is -0.478 e. The smallest absolute Gasteiger partial charge is 0.337 e. The number of hydrogen-bond acceptors (Lipinski definition) is 3. The Morgan fingerprint density at radius 2 is 1.89 bits per heavy atom. The van der Waals surface area contributed by atoms with E-state index in [4.69, 9.17) is 33.4 Å². The average Bonchev–Trinajstić information content (AvgIpc) is 2.19. The Kier molecular flexibility index (Phi) is 4.84. The fourth-order valence-corrected chi connectivity index (χ4v) is 3.55. The zero-order valence-corrected chi connectivity index (χ0v) is 12.6. The molecule has 1 aromatic rings. The Bertz CT molecular complexity index is 626. The molecule has 0 aliphatic rings. The molecule has 0 saturated heterocycles. The van der Waals surface area contributed by atoms with Gasteiger partial charge in [-0.3, -0.25) is 0 Å². The number of rotatable bonds is 4. The standard InChI is InChI=1S/C11H13Cl2NO4S/c1-5(2)3-6-4-7(11(15)16)9(13)10(8(6)12)19(14,17)18/h4-5H,3H2,1-2H3,(H,15,16)(H2,14,17,18). The maximum absolute atomic E-state index is 11.5. The molecule has 0 heterocycles. The molecule has 0 saturated carbocycles. The van der Waals surface area contributed by atoms with Crippen LogP contribution in [0.4, 0.5) is 0 Å². The van der Waals surface area contributed by atoms with Crippen molar-refractivity contribution in [3.8, 4) is 0 Å². The van der Waals surface area contributed by atoms with E-state index in [1.54, 1.807) is 0 Å². The molecule has 0 aromatic heterocycles. The maximum Gasteiger partial charge on any atom is 0.337 e. The molecule has 1 rings (SSSR count). The van der Waals surface area contributed by atoms with Gasteiger partial charge in [0, 0.05) is 0 Å². The molecular weight excluding hydrogens is 313 g/mol. The molecule has 3 N–H and O–H groups in total. The number of carbonyl (C=O) groups is 1. The summed E-state index contributed by atoms with van der Waals surface area (Å²) < 4.78 is 23.0. The maximum atomic E-state index is 11.5. The minimum atomic E-state index is -4.21. The number of benzene rings is 1. The molecule has 0 unspecified atom stereocenters. The lowest BCUT2D eigenvalue weighted by Crippen LogP contribution is -2.16. The third-order valence-corrected chi connectivity index (χ3v) is 4.40. The number of carboxylic acid groups (broad SMARTS) is 1. The number of halogens is 2. The Balaban J connectivity index is 3.71. The quantitative estimate of drug-likeness (QED) is 0.888. The van der Waals surface area contributed by atoms with Gasteiger partial charge in [-0.05, 0) is 24.0 Å². The molecule has 0 aliphatic carbocycles. The van der Waals surface area contributed by atoms with Crippen LogP contribution >= 0.6 is 23.2 Å². The van der Waals surface area contributed by atoms with Crippen LogP contribution in [0.1, 0.15) is 29.8 Å². The Hall–Kier alpha value is -0.820. The number of carboxylic acids is 1. The Morgan fingerprint density at radius 1 is 1.37 bits per heavy atom. The predicted molar refractivity (Wildman–Crippen MR) is 73.3 cm³/mol. The third kappa shape index (κ3) is 3.60. The first-order valence-corrected chi connectivity index (χ1v) is 7.62. The highest BCUT2D eigenvalue weighted by atomic mass is 35.5. The van der Waals surface area contributed by atoms with Crippen LogP contribution in [0.15, 0.2) is 11.0 Å². The van der Waals surface area contributed by atoms with Gasteiger partial charge in [0.15, 0.2) is 0 Å². The fourth-order valence-electron chi connectivity index (χ4n) is 1.66. The lowest BCUT2D eigenvalue weighted by atomic mass is 10.0. The first-order chi connectivity index (χ1) is 8.55. The van der Waals surface area contributed by atoms with Crippen LogP contribution in [0.5, 0.6) is 0 Å². The largest absolute Gasteiger partial charge is 0.478 e. The number of aromatic carboxylic acids is 1. The molecule has 0 bridgehead atoms. The molecule has 0 radical (unpaired) electrons. The topological polar surface area (TPSA) is 97.5 Å². The molecule has 106 valence electrons. The molecular formula is C11H13Cl2NO4S. The summed E-state index contributed by atoms with van der Waals surface area (Å²) in [5.41, 5.74) is 0.0632. The van der Waals surface area contributed by atoms with Crippen LogP contribution in [0.3, 0.4) is 0 Å². The molecule has 8 heteroatoms. The van der Waals surface area contributed by atoms with Crippen molar-refractivity contribution in [3.63, 3.8) is 0 Å². The van der Waals surface area contributed by atoms with Gasteiger partial charge in [0.05, 0.1) is 15.6 Å². The minimum absolute atomic E-state index is 0.119. The first-order valence-electron chi connectivity index (χ1n) is 5.32. The van der Waals surface area contributed by atoms with E-state index in [2.05, 4.69) is 0 Å². The summed E-state index contributed by atoms with van der Waals surface area (Å²) in [6.07, 6.45) is 0.415. The average molecular weight is 326 g/mol. The molecule has 0 fully saturated rings. The summed E-state index contributed by atoms with van der Waals surface area (Å²) >= 11 is 11.8. The third-order valence-electron chi connectivity index (χ3n) is 2.38. The summed E-state index contributed by atoms with van der Waals surface area (Å²) in [4.78, 5) is 10.6. The van der Waals surface area contributed by atoms with E-state index in [0.29, 0.717) is 12.0 Å². The van der Waals surface area contributed by atoms with Gasteiger partial charge < -0.3 is 5.11 Å². The van der Waals surface area contributed by atoms with E-state index in [0.717, 1.165) is 0 Å². The summed E-state index contributed by atoms with van der Waals surface area (Å²) in [6.45, 7) is 3.78. The second-order valence-electron chi connectivity index (χ2n) is 4.49.